The molecule has 3 nitrogen and oxygen atoms in total. The average molecular weight is 482 g/mol. The second kappa shape index (κ2) is 14.5. The van der Waals surface area contributed by atoms with Gasteiger partial charge >= 0.3 is 103 Å². The van der Waals surface area contributed by atoms with Gasteiger partial charge in [0.2, 0.25) is 0 Å². The van der Waals surface area contributed by atoms with Gasteiger partial charge in [0.1, 0.15) is 5.75 Å². The third kappa shape index (κ3) is 11.0. The molecular formula is C10H14F10K2O3S. The predicted octanol–water partition coefficient (Wildman–Crippen LogP) is -2.92. The number of hydrogen-bond acceptors (Lipinski definition) is 2. The van der Waals surface area contributed by atoms with Crippen LogP contribution in [0.1, 0.15) is 2.85 Å². The SMILES string of the molecule is O=S(=O)(O)CC(F)C(F)C(F)C(F)C(F)C(F)C(F)C(F)C(F)F.[H-].[H-].[K+].[K+]. The fraction of sp³-hybridized carbons (Fsp3) is 1.00. The summed E-state index contributed by atoms with van der Waals surface area (Å²) in [5, 5.41) is 0. The van der Waals surface area contributed by atoms with Gasteiger partial charge in [-0.05, 0) is 0 Å². The van der Waals surface area contributed by atoms with E-state index >= 15 is 0 Å². The van der Waals surface area contributed by atoms with Crippen molar-refractivity contribution >= 4 is 10.1 Å². The van der Waals surface area contributed by atoms with Crippen LogP contribution in [0.15, 0.2) is 0 Å². The molecule has 0 aromatic heterocycles. The van der Waals surface area contributed by atoms with Gasteiger partial charge in [-0.1, -0.05) is 0 Å². The van der Waals surface area contributed by atoms with Crippen molar-refractivity contribution in [3.8, 4) is 0 Å². The molecule has 0 saturated heterocycles. The first-order valence-electron chi connectivity index (χ1n) is 6.06. The second-order valence-corrected chi connectivity index (χ2v) is 6.21. The monoisotopic (exact) mass is 482 g/mol. The molecule has 26 heavy (non-hydrogen) atoms. The van der Waals surface area contributed by atoms with E-state index in [-0.39, 0.29) is 106 Å². The summed E-state index contributed by atoms with van der Waals surface area (Å²) in [6, 6.07) is 0. The Morgan fingerprint density at radius 3 is 1.15 bits per heavy atom. The molecule has 1 N–H and O–H groups in total. The molecule has 0 rings (SSSR count). The molecule has 0 bridgehead atoms. The van der Waals surface area contributed by atoms with E-state index in [1.54, 1.807) is 0 Å². The number of alkyl halides is 10. The van der Waals surface area contributed by atoms with Crippen molar-refractivity contribution in [1.29, 1.82) is 0 Å². The molecule has 0 aliphatic carbocycles. The predicted molar refractivity (Wildman–Crippen MR) is 63.8 cm³/mol. The van der Waals surface area contributed by atoms with E-state index in [0.29, 0.717) is 0 Å². The first-order chi connectivity index (χ1) is 10.7. The molecule has 0 heterocycles. The summed E-state index contributed by atoms with van der Waals surface area (Å²) in [5.41, 5.74) is 0. The van der Waals surface area contributed by atoms with Crippen LogP contribution in [0.2, 0.25) is 0 Å². The van der Waals surface area contributed by atoms with Gasteiger partial charge in [-0.3, -0.25) is 4.55 Å². The fourth-order valence-corrected chi connectivity index (χ4v) is 2.10. The van der Waals surface area contributed by atoms with Crippen LogP contribution in [0, 0.1) is 0 Å². The van der Waals surface area contributed by atoms with Crippen LogP contribution in [0.3, 0.4) is 0 Å². The molecule has 0 aliphatic heterocycles. The van der Waals surface area contributed by atoms with Crippen LogP contribution in [0.4, 0.5) is 43.9 Å². The molecule has 0 radical (unpaired) electrons. The summed E-state index contributed by atoms with van der Waals surface area (Å²) in [6.07, 6.45) is -34.8. The molecular weight excluding hydrogens is 468 g/mol. The summed E-state index contributed by atoms with van der Waals surface area (Å²) in [7, 11) is -5.16. The van der Waals surface area contributed by atoms with Gasteiger partial charge in [-0.2, -0.15) is 8.42 Å². The van der Waals surface area contributed by atoms with E-state index in [9.17, 15) is 52.3 Å². The second-order valence-electron chi connectivity index (χ2n) is 4.71. The van der Waals surface area contributed by atoms with Crippen molar-refractivity contribution < 1.29 is 162 Å². The molecule has 0 aromatic rings. The van der Waals surface area contributed by atoms with Crippen molar-refractivity contribution in [2.24, 2.45) is 0 Å². The maximum atomic E-state index is 13.2. The molecule has 0 aromatic carbocycles. The molecule has 16 heteroatoms. The van der Waals surface area contributed by atoms with Crippen LogP contribution in [0.5, 0.6) is 0 Å². The number of hydrogen-bond donors (Lipinski definition) is 1. The van der Waals surface area contributed by atoms with Gasteiger partial charge in [0.05, 0.1) is 0 Å². The Labute approximate surface area is 230 Å². The Morgan fingerprint density at radius 1 is 0.615 bits per heavy atom. The topological polar surface area (TPSA) is 54.4 Å². The summed E-state index contributed by atoms with van der Waals surface area (Å²) >= 11 is 0. The zero-order chi connectivity index (χ0) is 19.4. The zero-order valence-corrected chi connectivity index (χ0v) is 20.4. The Morgan fingerprint density at radius 2 is 0.885 bits per heavy atom. The summed E-state index contributed by atoms with van der Waals surface area (Å²) in [4.78, 5) is 0. The summed E-state index contributed by atoms with van der Waals surface area (Å²) in [6.45, 7) is 0. The fourth-order valence-electron chi connectivity index (χ4n) is 1.51. The Hall–Kier alpha value is 2.48. The van der Waals surface area contributed by atoms with Crippen LogP contribution in [-0.4, -0.2) is 74.5 Å². The maximum absolute atomic E-state index is 13.2. The average Bonchev–Trinajstić information content (AvgIpc) is 2.47. The number of rotatable bonds is 10. The van der Waals surface area contributed by atoms with Gasteiger partial charge in [0.15, 0.2) is 49.4 Å². The Balaban J connectivity index is -0.000000441. The Bertz CT molecular complexity index is 498. The van der Waals surface area contributed by atoms with Crippen molar-refractivity contribution in [3.05, 3.63) is 0 Å². The molecule has 0 amide bonds. The minimum Gasteiger partial charge on any atom is -1.00 e. The molecule has 8 atom stereocenters. The molecule has 0 fully saturated rings. The van der Waals surface area contributed by atoms with Crippen LogP contribution in [0.25, 0.3) is 0 Å². The molecule has 0 spiro atoms. The van der Waals surface area contributed by atoms with Gasteiger partial charge < -0.3 is 2.85 Å². The van der Waals surface area contributed by atoms with E-state index < -0.39 is 71.7 Å². The third-order valence-electron chi connectivity index (χ3n) is 2.78. The van der Waals surface area contributed by atoms with Crippen molar-refractivity contribution in [1.82, 2.24) is 0 Å². The Kier molecular flexibility index (Phi) is 18.5. The van der Waals surface area contributed by atoms with E-state index in [1.807, 2.05) is 0 Å². The van der Waals surface area contributed by atoms with Gasteiger partial charge in [0, 0.05) is 0 Å². The van der Waals surface area contributed by atoms with Crippen LogP contribution in [-0.2, 0) is 10.1 Å². The third-order valence-corrected chi connectivity index (χ3v) is 3.52. The normalized spacial score (nSPS) is 21.4. The van der Waals surface area contributed by atoms with Gasteiger partial charge in [-0.15, -0.1) is 0 Å². The molecule has 150 valence electrons. The maximum Gasteiger partial charge on any atom is 1.00 e. The smallest absolute Gasteiger partial charge is 1.00 e. The first-order valence-corrected chi connectivity index (χ1v) is 7.67. The van der Waals surface area contributed by atoms with Crippen LogP contribution < -0.4 is 103 Å². The van der Waals surface area contributed by atoms with Crippen molar-refractivity contribution in [2.75, 3.05) is 5.75 Å². The van der Waals surface area contributed by atoms with Gasteiger partial charge in [-0.25, -0.2) is 43.9 Å². The zero-order valence-electron chi connectivity index (χ0n) is 15.4. The minimum atomic E-state index is -5.16. The molecule has 0 saturated carbocycles. The van der Waals surface area contributed by atoms with Gasteiger partial charge in [0.25, 0.3) is 16.5 Å². The molecule has 0 aliphatic rings. The largest absolute Gasteiger partial charge is 1.00 e. The standard InChI is InChI=1S/C10H12F10O3S.2K.2H/c11-2(1-24(21,22)23)3(12)4(13)5(14)6(15)7(16)8(17)9(18)10(19)20;;;;/h2-10H,1H2,(H,21,22,23);;;;/q;2*+1;2*-1. The van der Waals surface area contributed by atoms with E-state index in [1.165, 1.54) is 0 Å². The first kappa shape index (κ1) is 33.1. The van der Waals surface area contributed by atoms with E-state index in [0.717, 1.165) is 0 Å². The van der Waals surface area contributed by atoms with Crippen molar-refractivity contribution in [2.45, 2.75) is 55.8 Å². The van der Waals surface area contributed by atoms with E-state index in [4.69, 9.17) is 4.55 Å². The molecule has 8 unspecified atom stereocenters. The summed E-state index contributed by atoms with van der Waals surface area (Å²) in [5.74, 6) is -2.04. The summed E-state index contributed by atoms with van der Waals surface area (Å²) < 4.78 is 156. The van der Waals surface area contributed by atoms with Crippen LogP contribution >= 0.6 is 0 Å². The quantitative estimate of drug-likeness (QED) is 0.206. The number of halogens is 10. The minimum absolute atomic E-state index is 0. The van der Waals surface area contributed by atoms with Crippen molar-refractivity contribution in [3.63, 3.8) is 0 Å². The van der Waals surface area contributed by atoms with E-state index in [2.05, 4.69) is 0 Å².